The Morgan fingerprint density at radius 3 is 2.45 bits per heavy atom. The van der Waals surface area contributed by atoms with E-state index in [2.05, 4.69) is 18.7 Å². The average molecular weight is 455 g/mol. The van der Waals surface area contributed by atoms with E-state index in [9.17, 15) is 9.59 Å². The molecule has 0 saturated heterocycles. The van der Waals surface area contributed by atoms with Crippen LogP contribution in [0.2, 0.25) is 0 Å². The molecule has 1 aromatic carbocycles. The smallest absolute Gasteiger partial charge is 0.290 e. The van der Waals surface area contributed by atoms with Crippen LogP contribution in [-0.4, -0.2) is 59.9 Å². The predicted octanol–water partition coefficient (Wildman–Crippen LogP) is 4.50. The highest BCUT2D eigenvalue weighted by molar-refractivity contribution is 6.11. The van der Waals surface area contributed by atoms with Crippen molar-refractivity contribution in [2.24, 2.45) is 5.92 Å². The number of fused-ring (bicyclic) bond motifs is 1. The van der Waals surface area contributed by atoms with Crippen molar-refractivity contribution in [2.45, 2.75) is 78.0 Å². The van der Waals surface area contributed by atoms with Gasteiger partial charge in [-0.05, 0) is 76.9 Å². The monoisotopic (exact) mass is 454 g/mol. The molecule has 2 aliphatic heterocycles. The maximum atomic E-state index is 13.7. The minimum atomic E-state index is -0.382. The van der Waals surface area contributed by atoms with Gasteiger partial charge in [0.25, 0.3) is 5.91 Å². The van der Waals surface area contributed by atoms with Crippen molar-refractivity contribution in [1.29, 1.82) is 0 Å². The molecule has 0 aromatic heterocycles. The number of hydrogen-bond donors (Lipinski definition) is 0. The molecule has 0 bridgehead atoms. The molecule has 6 heteroatoms. The van der Waals surface area contributed by atoms with Gasteiger partial charge in [0.15, 0.2) is 11.5 Å². The van der Waals surface area contributed by atoms with Crippen LogP contribution in [0.1, 0.15) is 71.4 Å². The minimum Gasteiger partial charge on any atom is -0.491 e. The summed E-state index contributed by atoms with van der Waals surface area (Å²) >= 11 is 0. The van der Waals surface area contributed by atoms with Gasteiger partial charge in [-0.2, -0.15) is 0 Å². The molecule has 0 N–H and O–H groups in total. The van der Waals surface area contributed by atoms with E-state index in [1.54, 1.807) is 0 Å². The van der Waals surface area contributed by atoms with Crippen molar-refractivity contribution in [3.63, 3.8) is 0 Å². The zero-order chi connectivity index (χ0) is 23.5. The third-order valence-corrected chi connectivity index (χ3v) is 7.19. The second kappa shape index (κ2) is 10.3. The van der Waals surface area contributed by atoms with Gasteiger partial charge in [-0.3, -0.25) is 9.59 Å². The Morgan fingerprint density at radius 2 is 1.79 bits per heavy atom. The lowest BCUT2D eigenvalue weighted by atomic mass is 9.77. The Labute approximate surface area is 197 Å². The third kappa shape index (κ3) is 4.81. The zero-order valence-electron chi connectivity index (χ0n) is 20.5. The van der Waals surface area contributed by atoms with E-state index in [4.69, 9.17) is 9.47 Å². The van der Waals surface area contributed by atoms with Crippen LogP contribution in [0, 0.1) is 5.92 Å². The lowest BCUT2D eigenvalue weighted by Crippen LogP contribution is -2.39. The molecule has 4 rings (SSSR count). The third-order valence-electron chi connectivity index (χ3n) is 7.19. The maximum absolute atomic E-state index is 13.7. The molecule has 1 saturated carbocycles. The second-order valence-corrected chi connectivity index (χ2v) is 9.67. The van der Waals surface area contributed by atoms with Gasteiger partial charge in [0.05, 0.1) is 23.6 Å². The summed E-state index contributed by atoms with van der Waals surface area (Å²) in [5.74, 6) is 0.965. The number of hydrogen-bond acceptors (Lipinski definition) is 5. The molecule has 0 radical (unpaired) electrons. The van der Waals surface area contributed by atoms with Gasteiger partial charge in [-0.15, -0.1) is 0 Å². The summed E-state index contributed by atoms with van der Waals surface area (Å²) in [6.07, 6.45) is 4.61. The lowest BCUT2D eigenvalue weighted by Gasteiger charge is -2.35. The highest BCUT2D eigenvalue weighted by Gasteiger charge is 2.51. The summed E-state index contributed by atoms with van der Waals surface area (Å²) in [4.78, 5) is 31.4. The Morgan fingerprint density at radius 1 is 1.09 bits per heavy atom. The summed E-state index contributed by atoms with van der Waals surface area (Å²) in [6.45, 7) is 11.8. The highest BCUT2D eigenvalue weighted by Crippen LogP contribution is 2.46. The summed E-state index contributed by atoms with van der Waals surface area (Å²) < 4.78 is 12.1. The molecule has 1 amide bonds. The molecule has 3 unspecified atom stereocenters. The van der Waals surface area contributed by atoms with E-state index >= 15 is 0 Å². The van der Waals surface area contributed by atoms with E-state index in [0.717, 1.165) is 63.1 Å². The van der Waals surface area contributed by atoms with Crippen molar-refractivity contribution in [3.05, 3.63) is 41.2 Å². The number of Topliss-reactive ketones (excluding diaryl/α,β-unsaturated/α-hetero) is 1. The summed E-state index contributed by atoms with van der Waals surface area (Å²) in [6, 6.07) is 7.47. The standard InChI is InChI=1S/C27H38N2O4/c1-5-28(6-2)16-9-17-29-24(19-12-14-20(15-13-19)32-18(3)4)23-25(30)21-10-7-8-11-22(21)33-26(23)27(29)31/h12-15,18,21-22,24H,5-11,16-17H2,1-4H3. The summed E-state index contributed by atoms with van der Waals surface area (Å²) in [7, 11) is 0. The first-order valence-corrected chi connectivity index (χ1v) is 12.7. The van der Waals surface area contributed by atoms with Gasteiger partial charge in [0.2, 0.25) is 0 Å². The Hall–Kier alpha value is -2.34. The molecule has 180 valence electrons. The molecule has 1 aliphatic carbocycles. The number of carbonyl (C=O) groups excluding carboxylic acids is 2. The minimum absolute atomic E-state index is 0.0892. The topological polar surface area (TPSA) is 59.1 Å². The number of rotatable bonds is 9. The number of benzene rings is 1. The first-order chi connectivity index (χ1) is 15.9. The van der Waals surface area contributed by atoms with Crippen LogP contribution in [0.4, 0.5) is 0 Å². The Balaban J connectivity index is 1.63. The quantitative estimate of drug-likeness (QED) is 0.550. The predicted molar refractivity (Wildman–Crippen MR) is 128 cm³/mol. The average Bonchev–Trinajstić information content (AvgIpc) is 3.09. The van der Waals surface area contributed by atoms with Crippen LogP contribution in [0.25, 0.3) is 0 Å². The molecule has 6 nitrogen and oxygen atoms in total. The van der Waals surface area contributed by atoms with Crippen LogP contribution in [0.3, 0.4) is 0 Å². The van der Waals surface area contributed by atoms with E-state index < -0.39 is 0 Å². The normalized spacial score (nSPS) is 24.9. The number of ketones is 1. The fraction of sp³-hybridized carbons (Fsp3) is 0.630. The molecule has 0 spiro atoms. The van der Waals surface area contributed by atoms with Crippen molar-refractivity contribution in [2.75, 3.05) is 26.2 Å². The van der Waals surface area contributed by atoms with Crippen LogP contribution in [-0.2, 0) is 14.3 Å². The molecule has 3 aliphatic rings. The van der Waals surface area contributed by atoms with Crippen molar-refractivity contribution in [3.8, 4) is 5.75 Å². The lowest BCUT2D eigenvalue weighted by molar-refractivity contribution is -0.135. The van der Waals surface area contributed by atoms with Crippen molar-refractivity contribution < 1.29 is 19.1 Å². The van der Waals surface area contributed by atoms with Gasteiger partial charge >= 0.3 is 0 Å². The van der Waals surface area contributed by atoms with Crippen molar-refractivity contribution >= 4 is 11.7 Å². The van der Waals surface area contributed by atoms with E-state index in [1.165, 1.54) is 0 Å². The van der Waals surface area contributed by atoms with Crippen molar-refractivity contribution in [1.82, 2.24) is 9.80 Å². The van der Waals surface area contributed by atoms with Gasteiger partial charge in [-0.1, -0.05) is 32.4 Å². The van der Waals surface area contributed by atoms with Crippen LogP contribution >= 0.6 is 0 Å². The number of carbonyl (C=O) groups is 2. The fourth-order valence-corrected chi connectivity index (χ4v) is 5.47. The fourth-order valence-electron chi connectivity index (χ4n) is 5.47. The van der Waals surface area contributed by atoms with Gasteiger partial charge < -0.3 is 19.3 Å². The first-order valence-electron chi connectivity index (χ1n) is 12.7. The summed E-state index contributed by atoms with van der Waals surface area (Å²) in [5, 5.41) is 0. The van der Waals surface area contributed by atoms with Gasteiger partial charge in [0, 0.05) is 6.54 Å². The Bertz CT molecular complexity index is 888. The Kier molecular flexibility index (Phi) is 7.42. The van der Waals surface area contributed by atoms with E-state index in [1.807, 2.05) is 43.0 Å². The number of nitrogens with zero attached hydrogens (tertiary/aromatic N) is 2. The molecule has 2 heterocycles. The van der Waals surface area contributed by atoms with Gasteiger partial charge in [-0.25, -0.2) is 0 Å². The number of ether oxygens (including phenoxy) is 2. The van der Waals surface area contributed by atoms with Crippen LogP contribution < -0.4 is 4.74 Å². The van der Waals surface area contributed by atoms with Crippen LogP contribution in [0.15, 0.2) is 35.6 Å². The maximum Gasteiger partial charge on any atom is 0.290 e. The summed E-state index contributed by atoms with van der Waals surface area (Å²) in [5.41, 5.74) is 1.52. The second-order valence-electron chi connectivity index (χ2n) is 9.67. The largest absolute Gasteiger partial charge is 0.491 e. The molecule has 33 heavy (non-hydrogen) atoms. The van der Waals surface area contributed by atoms with E-state index in [-0.39, 0.29) is 35.9 Å². The zero-order valence-corrected chi connectivity index (χ0v) is 20.5. The SMILES string of the molecule is CCN(CC)CCCN1C(=O)C2=C(C(=O)C3CCCCC3O2)C1c1ccc(OC(C)C)cc1. The molecule has 3 atom stereocenters. The highest BCUT2D eigenvalue weighted by atomic mass is 16.5. The van der Waals surface area contributed by atoms with Crippen LogP contribution in [0.5, 0.6) is 5.75 Å². The van der Waals surface area contributed by atoms with Gasteiger partial charge in [0.1, 0.15) is 11.9 Å². The molecular weight excluding hydrogens is 416 g/mol. The number of amides is 1. The van der Waals surface area contributed by atoms with E-state index in [0.29, 0.717) is 17.9 Å². The molecule has 1 fully saturated rings. The molecule has 1 aromatic rings. The first kappa shape index (κ1) is 23.8. The molecular formula is C27H38N2O4.